The minimum Gasteiger partial charge on any atom is -0.369 e. The van der Waals surface area contributed by atoms with Crippen LogP contribution in [-0.4, -0.2) is 54.2 Å². The number of nitrogens with two attached hydrogens (primary N) is 1. The number of aromatic nitrogens is 1. The molecule has 1 aliphatic carbocycles. The van der Waals surface area contributed by atoms with Gasteiger partial charge in [0.05, 0.1) is 16.5 Å². The first-order chi connectivity index (χ1) is 13.7. The van der Waals surface area contributed by atoms with Crippen molar-refractivity contribution < 1.29 is 18.0 Å². The van der Waals surface area contributed by atoms with E-state index in [1.54, 1.807) is 35.4 Å². The number of piperidine rings is 1. The third-order valence-corrected chi connectivity index (χ3v) is 6.67. The van der Waals surface area contributed by atoms with Crippen LogP contribution < -0.4 is 10.6 Å². The van der Waals surface area contributed by atoms with Crippen LogP contribution in [0.2, 0.25) is 0 Å². The molecule has 2 N–H and O–H groups in total. The van der Waals surface area contributed by atoms with Crippen molar-refractivity contribution in [1.82, 2.24) is 9.88 Å². The molecule has 3 heterocycles. The van der Waals surface area contributed by atoms with E-state index < -0.39 is 22.9 Å². The minimum atomic E-state index is -4.48. The minimum absolute atomic E-state index is 0.00697. The number of carbonyl (C=O) groups excluding carboxylic acids is 1. The Morgan fingerprint density at radius 1 is 1.28 bits per heavy atom. The van der Waals surface area contributed by atoms with Gasteiger partial charge < -0.3 is 15.5 Å². The van der Waals surface area contributed by atoms with Gasteiger partial charge in [-0.1, -0.05) is 0 Å². The first-order valence-corrected chi connectivity index (χ1v) is 9.37. The molecule has 2 saturated heterocycles. The van der Waals surface area contributed by atoms with E-state index in [0.717, 1.165) is 0 Å². The third kappa shape index (κ3) is 2.26. The normalized spacial score (nSPS) is 28.8. The third-order valence-electron chi connectivity index (χ3n) is 6.67. The maximum atomic E-state index is 14.1. The van der Waals surface area contributed by atoms with Gasteiger partial charge in [0.2, 0.25) is 5.91 Å². The maximum absolute atomic E-state index is 14.1. The Morgan fingerprint density at radius 3 is 2.69 bits per heavy atom. The average Bonchev–Trinajstić information content (AvgIpc) is 3.22. The van der Waals surface area contributed by atoms with Crippen molar-refractivity contribution >= 4 is 22.5 Å². The lowest BCUT2D eigenvalue weighted by Crippen LogP contribution is -2.60. The van der Waals surface area contributed by atoms with Gasteiger partial charge in [-0.3, -0.25) is 9.78 Å². The zero-order chi connectivity index (χ0) is 20.6. The second kappa shape index (κ2) is 5.60. The molecule has 9 heteroatoms. The number of hydrogen-bond acceptors (Lipinski definition) is 5. The first kappa shape index (κ1) is 18.2. The Bertz CT molecular complexity index is 1070. The molecule has 0 bridgehead atoms. The monoisotopic (exact) mass is 401 g/mol. The van der Waals surface area contributed by atoms with Crippen LogP contribution in [-0.2, 0) is 4.79 Å². The molecule has 150 valence electrons. The Hall–Kier alpha value is -2.86. The molecular weight excluding hydrogens is 383 g/mol. The summed E-state index contributed by atoms with van der Waals surface area (Å²) >= 11 is 0. The topological polar surface area (TPSA) is 86.2 Å². The van der Waals surface area contributed by atoms with E-state index in [9.17, 15) is 23.2 Å². The van der Waals surface area contributed by atoms with E-state index in [-0.39, 0.29) is 25.6 Å². The van der Waals surface area contributed by atoms with Crippen LogP contribution in [0.1, 0.15) is 12.0 Å². The van der Waals surface area contributed by atoms with Gasteiger partial charge in [0, 0.05) is 49.5 Å². The van der Waals surface area contributed by atoms with E-state index in [1.165, 1.54) is 4.90 Å². The predicted octanol–water partition coefficient (Wildman–Crippen LogP) is 2.03. The van der Waals surface area contributed by atoms with Gasteiger partial charge >= 0.3 is 6.18 Å². The standard InChI is InChI=1S/C20H18F3N5O/c21-20(22,23)19-9-18(19,17(29)27-7-13(25)8-27)10-28(11-19)15-4-3-12(6-24)16-14(15)2-1-5-26-16/h1-5,13H,7-11,25H2. The number of anilines is 1. The Labute approximate surface area is 164 Å². The fourth-order valence-electron chi connectivity index (χ4n) is 5.08. The largest absolute Gasteiger partial charge is 0.397 e. The molecule has 6 nitrogen and oxygen atoms in total. The molecule has 0 radical (unpaired) electrons. The number of pyridine rings is 1. The number of likely N-dealkylation sites (tertiary alicyclic amines) is 1. The lowest BCUT2D eigenvalue weighted by molar-refractivity contribution is -0.194. The van der Waals surface area contributed by atoms with Crippen LogP contribution >= 0.6 is 0 Å². The second-order valence-corrected chi connectivity index (χ2v) is 8.31. The first-order valence-electron chi connectivity index (χ1n) is 9.37. The molecule has 0 spiro atoms. The van der Waals surface area contributed by atoms with Gasteiger partial charge in [-0.15, -0.1) is 0 Å². The lowest BCUT2D eigenvalue weighted by atomic mass is 9.92. The fourth-order valence-corrected chi connectivity index (χ4v) is 5.08. The number of halogens is 3. The maximum Gasteiger partial charge on any atom is 0.397 e. The molecule has 2 aromatic rings. The van der Waals surface area contributed by atoms with Crippen molar-refractivity contribution in [3.8, 4) is 6.07 Å². The van der Waals surface area contributed by atoms with Gasteiger partial charge in [-0.25, -0.2) is 0 Å². The number of fused-ring (bicyclic) bond motifs is 2. The molecule has 1 amide bonds. The van der Waals surface area contributed by atoms with Crippen molar-refractivity contribution in [3.05, 3.63) is 36.0 Å². The lowest BCUT2D eigenvalue weighted by Gasteiger charge is -2.39. The molecule has 3 aliphatic rings. The van der Waals surface area contributed by atoms with Crippen LogP contribution in [0.25, 0.3) is 10.9 Å². The molecule has 5 rings (SSSR count). The van der Waals surface area contributed by atoms with Crippen molar-refractivity contribution in [3.63, 3.8) is 0 Å². The number of hydrogen-bond donors (Lipinski definition) is 1. The van der Waals surface area contributed by atoms with Crippen LogP contribution in [0.4, 0.5) is 18.9 Å². The van der Waals surface area contributed by atoms with Gasteiger partial charge in [0.15, 0.2) is 0 Å². The summed E-state index contributed by atoms with van der Waals surface area (Å²) in [5.74, 6) is -0.449. The summed E-state index contributed by atoms with van der Waals surface area (Å²) in [7, 11) is 0. The van der Waals surface area contributed by atoms with Crippen molar-refractivity contribution in [1.29, 1.82) is 5.26 Å². The Balaban J connectivity index is 1.56. The molecule has 29 heavy (non-hydrogen) atoms. The Kier molecular flexibility index (Phi) is 3.51. The summed E-state index contributed by atoms with van der Waals surface area (Å²) in [6.45, 7) is 0.321. The number of nitriles is 1. The summed E-state index contributed by atoms with van der Waals surface area (Å²) in [5.41, 5.74) is 3.60. The van der Waals surface area contributed by atoms with Gasteiger partial charge in [-0.2, -0.15) is 18.4 Å². The molecule has 2 atom stereocenters. The molecule has 3 fully saturated rings. The average molecular weight is 401 g/mol. The van der Waals surface area contributed by atoms with E-state index >= 15 is 0 Å². The number of amides is 1. The van der Waals surface area contributed by atoms with Gasteiger partial charge in [-0.05, 0) is 30.7 Å². The highest BCUT2D eigenvalue weighted by molar-refractivity contribution is 5.97. The number of rotatable bonds is 2. The number of alkyl halides is 3. The molecule has 2 aliphatic heterocycles. The van der Waals surface area contributed by atoms with Crippen molar-refractivity contribution in [2.45, 2.75) is 18.6 Å². The fraction of sp³-hybridized carbons (Fsp3) is 0.450. The summed E-state index contributed by atoms with van der Waals surface area (Å²) in [4.78, 5) is 20.3. The van der Waals surface area contributed by atoms with E-state index in [0.29, 0.717) is 35.2 Å². The zero-order valence-electron chi connectivity index (χ0n) is 15.4. The Morgan fingerprint density at radius 2 is 2.03 bits per heavy atom. The van der Waals surface area contributed by atoms with E-state index in [4.69, 9.17) is 5.73 Å². The highest BCUT2D eigenvalue weighted by Gasteiger charge is 2.86. The number of carbonyl (C=O) groups is 1. The number of nitrogens with zero attached hydrogens (tertiary/aromatic N) is 4. The molecular formula is C20H18F3N5O. The molecule has 1 saturated carbocycles. The van der Waals surface area contributed by atoms with Crippen LogP contribution in [0, 0.1) is 22.2 Å². The summed E-state index contributed by atoms with van der Waals surface area (Å²) in [6.07, 6.45) is -3.12. The zero-order valence-corrected chi connectivity index (χ0v) is 15.4. The highest BCUT2D eigenvalue weighted by Crippen LogP contribution is 2.75. The number of benzene rings is 1. The smallest absolute Gasteiger partial charge is 0.369 e. The van der Waals surface area contributed by atoms with E-state index in [2.05, 4.69) is 11.1 Å². The van der Waals surface area contributed by atoms with Crippen molar-refractivity contribution in [2.24, 2.45) is 16.6 Å². The van der Waals surface area contributed by atoms with Crippen LogP contribution in [0.3, 0.4) is 0 Å². The summed E-state index contributed by atoms with van der Waals surface area (Å²) in [6, 6.07) is 8.54. The second-order valence-electron chi connectivity index (χ2n) is 8.31. The quantitative estimate of drug-likeness (QED) is 0.832. The summed E-state index contributed by atoms with van der Waals surface area (Å²) in [5, 5.41) is 9.92. The molecule has 1 aromatic carbocycles. The highest BCUT2D eigenvalue weighted by atomic mass is 19.4. The molecule has 1 aromatic heterocycles. The van der Waals surface area contributed by atoms with E-state index in [1.807, 2.05) is 0 Å². The molecule has 2 unspecified atom stereocenters. The summed E-state index contributed by atoms with van der Waals surface area (Å²) < 4.78 is 42.3. The van der Waals surface area contributed by atoms with Gasteiger partial charge in [0.1, 0.15) is 11.5 Å². The van der Waals surface area contributed by atoms with Crippen LogP contribution in [0.15, 0.2) is 30.5 Å². The van der Waals surface area contributed by atoms with Crippen molar-refractivity contribution in [2.75, 3.05) is 31.1 Å². The SMILES string of the molecule is N#Cc1ccc(N2CC3(C(=O)N4CC(N)C4)CC3(C(F)(F)F)C2)c2cccnc12. The predicted molar refractivity (Wildman–Crippen MR) is 98.8 cm³/mol. The van der Waals surface area contributed by atoms with Gasteiger partial charge in [0.25, 0.3) is 0 Å². The van der Waals surface area contributed by atoms with Crippen LogP contribution in [0.5, 0.6) is 0 Å².